The van der Waals surface area contributed by atoms with Crippen LogP contribution in [0, 0.1) is 0 Å². The van der Waals surface area contributed by atoms with Crippen LogP contribution in [0.3, 0.4) is 0 Å². The lowest BCUT2D eigenvalue weighted by Gasteiger charge is -2.09. The van der Waals surface area contributed by atoms with Gasteiger partial charge in [0.15, 0.2) is 25.5 Å². The second kappa shape index (κ2) is 13.7. The number of hydrogen-bond acceptors (Lipinski definition) is 6. The molecule has 166 valence electrons. The number of Topliss-reactive ketones (excluding diaryl/α,β-unsaturated/α-hetero) is 1. The van der Waals surface area contributed by atoms with Crippen molar-refractivity contribution in [2.45, 2.75) is 87.5 Å². The molecule has 0 amide bonds. The molecule has 0 radical (unpaired) electrons. The highest BCUT2D eigenvalue weighted by Crippen LogP contribution is 2.22. The van der Waals surface area contributed by atoms with Crippen molar-refractivity contribution in [1.29, 1.82) is 0 Å². The van der Waals surface area contributed by atoms with Gasteiger partial charge in [0.25, 0.3) is 0 Å². The van der Waals surface area contributed by atoms with Crippen molar-refractivity contribution in [2.24, 2.45) is 0 Å². The van der Waals surface area contributed by atoms with Gasteiger partial charge in [-0.15, -0.1) is 0 Å². The molecule has 1 N–H and O–H groups in total. The molecule has 1 aliphatic rings. The van der Waals surface area contributed by atoms with Crippen LogP contribution in [-0.2, 0) is 29.3 Å². The Morgan fingerprint density at radius 1 is 1.11 bits per heavy atom. The van der Waals surface area contributed by atoms with Crippen molar-refractivity contribution in [1.82, 2.24) is 0 Å². The maximum atomic E-state index is 11.6. The first kappa shape index (κ1) is 27.5. The largest absolute Gasteiger partial charge is 0.481 e. The van der Waals surface area contributed by atoms with Gasteiger partial charge < -0.3 is 5.11 Å². The third-order valence-corrected chi connectivity index (χ3v) is 10.7. The molecular formula is C18H33BrO7S2. The van der Waals surface area contributed by atoms with E-state index in [2.05, 4.69) is 15.9 Å². The van der Waals surface area contributed by atoms with Crippen LogP contribution >= 0.6 is 15.9 Å². The van der Waals surface area contributed by atoms with Gasteiger partial charge in [0.05, 0.1) is 11.5 Å². The Balaban J connectivity index is 0.000000525. The normalized spacial score (nSPS) is 18.4. The number of sulfone groups is 2. The van der Waals surface area contributed by atoms with Crippen molar-refractivity contribution in [2.75, 3.05) is 11.5 Å². The Morgan fingerprint density at radius 2 is 1.68 bits per heavy atom. The van der Waals surface area contributed by atoms with Gasteiger partial charge >= 0.3 is 5.97 Å². The van der Waals surface area contributed by atoms with E-state index in [1.165, 1.54) is 0 Å². The van der Waals surface area contributed by atoms with Crippen molar-refractivity contribution in [3.63, 3.8) is 0 Å². The van der Waals surface area contributed by atoms with Crippen LogP contribution in [-0.4, -0.2) is 54.6 Å². The Morgan fingerprint density at radius 3 is 2.14 bits per heavy atom. The number of carboxylic acids is 1. The molecule has 1 saturated carbocycles. The monoisotopic (exact) mass is 504 g/mol. The predicted octanol–water partition coefficient (Wildman–Crippen LogP) is 3.50. The SMILES string of the molecule is CCCCS(=O)(=O)C(Br)CCCC(=O)O.CCCCS(=O)(=O)C1CCCC1=O. The first-order valence-electron chi connectivity index (χ1n) is 9.79. The summed E-state index contributed by atoms with van der Waals surface area (Å²) in [5.41, 5.74) is 0. The number of carbonyl (C=O) groups is 2. The summed E-state index contributed by atoms with van der Waals surface area (Å²) in [6.07, 6.45) is 5.54. The summed E-state index contributed by atoms with van der Waals surface area (Å²) in [7, 11) is -6.22. The number of alkyl halides is 1. The number of carboxylic acid groups (broad SMARTS) is 1. The Kier molecular flexibility index (Phi) is 13.5. The Bertz CT molecular complexity index is 687. The molecule has 2 unspecified atom stereocenters. The summed E-state index contributed by atoms with van der Waals surface area (Å²) in [5, 5.41) is 7.74. The van der Waals surface area contributed by atoms with Crippen LogP contribution in [0.1, 0.15) is 78.1 Å². The van der Waals surface area contributed by atoms with Crippen LogP contribution in [0.5, 0.6) is 0 Å². The van der Waals surface area contributed by atoms with Gasteiger partial charge in [0, 0.05) is 12.8 Å². The molecule has 7 nitrogen and oxygen atoms in total. The second-order valence-corrected chi connectivity index (χ2v) is 13.3. The number of rotatable bonds is 12. The minimum atomic E-state index is -3.12. The predicted molar refractivity (Wildman–Crippen MR) is 114 cm³/mol. The van der Waals surface area contributed by atoms with Gasteiger partial charge in [-0.25, -0.2) is 16.8 Å². The van der Waals surface area contributed by atoms with E-state index in [1.807, 2.05) is 13.8 Å². The number of unbranched alkanes of at least 4 members (excludes halogenated alkanes) is 2. The number of aliphatic carboxylic acids is 1. The molecule has 1 fully saturated rings. The minimum absolute atomic E-state index is 0.0192. The summed E-state index contributed by atoms with van der Waals surface area (Å²) >= 11 is 3.10. The van der Waals surface area contributed by atoms with Gasteiger partial charge in [-0.05, 0) is 38.5 Å². The van der Waals surface area contributed by atoms with E-state index in [-0.39, 0.29) is 23.7 Å². The van der Waals surface area contributed by atoms with E-state index in [0.717, 1.165) is 19.3 Å². The van der Waals surface area contributed by atoms with E-state index < -0.39 is 35.1 Å². The van der Waals surface area contributed by atoms with Gasteiger partial charge in [0.2, 0.25) is 0 Å². The fourth-order valence-corrected chi connectivity index (χ4v) is 7.09. The van der Waals surface area contributed by atoms with E-state index in [0.29, 0.717) is 38.5 Å². The molecule has 0 heterocycles. The molecule has 0 bridgehead atoms. The number of halogens is 1. The fraction of sp³-hybridized carbons (Fsp3) is 0.889. The van der Waals surface area contributed by atoms with Crippen LogP contribution in [0.2, 0.25) is 0 Å². The molecule has 28 heavy (non-hydrogen) atoms. The molecule has 0 aromatic carbocycles. The zero-order valence-electron chi connectivity index (χ0n) is 16.7. The molecular weight excluding hydrogens is 472 g/mol. The minimum Gasteiger partial charge on any atom is -0.481 e. The molecule has 1 rings (SSSR count). The van der Waals surface area contributed by atoms with Crippen LogP contribution in [0.4, 0.5) is 0 Å². The summed E-state index contributed by atoms with van der Waals surface area (Å²) in [4.78, 5) is 21.4. The maximum absolute atomic E-state index is 11.6. The molecule has 0 aromatic rings. The van der Waals surface area contributed by atoms with Crippen molar-refractivity contribution >= 4 is 47.4 Å². The van der Waals surface area contributed by atoms with Crippen LogP contribution < -0.4 is 0 Å². The van der Waals surface area contributed by atoms with Crippen molar-refractivity contribution in [3.8, 4) is 0 Å². The summed E-state index contributed by atoms with van der Waals surface area (Å²) in [6.45, 7) is 3.88. The zero-order valence-corrected chi connectivity index (χ0v) is 20.0. The Labute approximate surface area is 177 Å². The van der Waals surface area contributed by atoms with Gasteiger partial charge in [-0.1, -0.05) is 42.6 Å². The lowest BCUT2D eigenvalue weighted by atomic mass is 10.2. The first-order valence-corrected chi connectivity index (χ1v) is 14.1. The van der Waals surface area contributed by atoms with E-state index in [9.17, 15) is 26.4 Å². The summed E-state index contributed by atoms with van der Waals surface area (Å²) < 4.78 is 45.7. The number of hydrogen-bond donors (Lipinski definition) is 1. The van der Waals surface area contributed by atoms with Gasteiger partial charge in [-0.2, -0.15) is 0 Å². The molecule has 1 aliphatic carbocycles. The average Bonchev–Trinajstić information content (AvgIpc) is 3.05. The summed E-state index contributed by atoms with van der Waals surface area (Å²) in [5.74, 6) is -0.608. The second-order valence-electron chi connectivity index (χ2n) is 6.98. The first-order chi connectivity index (χ1) is 13.0. The molecule has 2 atom stereocenters. The number of carbonyl (C=O) groups excluding carboxylic acids is 1. The smallest absolute Gasteiger partial charge is 0.303 e. The Hall–Kier alpha value is -0.480. The van der Waals surface area contributed by atoms with Crippen LogP contribution in [0.25, 0.3) is 0 Å². The van der Waals surface area contributed by atoms with Crippen LogP contribution in [0.15, 0.2) is 0 Å². The third kappa shape index (κ3) is 10.9. The highest BCUT2D eigenvalue weighted by Gasteiger charge is 2.35. The topological polar surface area (TPSA) is 123 Å². The van der Waals surface area contributed by atoms with Gasteiger partial charge in [-0.3, -0.25) is 9.59 Å². The van der Waals surface area contributed by atoms with E-state index in [1.54, 1.807) is 0 Å². The molecule has 0 saturated heterocycles. The summed E-state index contributed by atoms with van der Waals surface area (Å²) in [6, 6.07) is 0. The van der Waals surface area contributed by atoms with Crippen molar-refractivity contribution < 1.29 is 31.5 Å². The molecule has 0 aliphatic heterocycles. The fourth-order valence-electron chi connectivity index (χ4n) is 2.72. The third-order valence-electron chi connectivity index (χ3n) is 4.46. The lowest BCUT2D eigenvalue weighted by Crippen LogP contribution is -2.27. The molecule has 0 aromatic heterocycles. The molecule has 10 heteroatoms. The van der Waals surface area contributed by atoms with Gasteiger partial charge in [0.1, 0.15) is 9.41 Å². The lowest BCUT2D eigenvalue weighted by molar-refractivity contribution is -0.137. The maximum Gasteiger partial charge on any atom is 0.303 e. The van der Waals surface area contributed by atoms with Crippen molar-refractivity contribution in [3.05, 3.63) is 0 Å². The quantitative estimate of drug-likeness (QED) is 0.403. The standard InChI is InChI=1S/C9H17BrO4S.C9H16O3S/c1-2-3-7-15(13,14)8(10)5-4-6-9(11)12;1-2-3-7-13(11,12)9-6-4-5-8(9)10/h8H,2-7H2,1H3,(H,11,12);9H,2-7H2,1H3. The highest BCUT2D eigenvalue weighted by atomic mass is 79.9. The number of ketones is 1. The molecule has 0 spiro atoms. The van der Waals surface area contributed by atoms with E-state index in [4.69, 9.17) is 5.11 Å². The highest BCUT2D eigenvalue weighted by molar-refractivity contribution is 9.11. The zero-order chi connectivity index (χ0) is 21.8. The average molecular weight is 505 g/mol. The van der Waals surface area contributed by atoms with E-state index >= 15 is 0 Å².